The Morgan fingerprint density at radius 3 is 1.25 bits per heavy atom. The lowest BCUT2D eigenvalue weighted by molar-refractivity contribution is 0.309. The number of benzene rings is 4. The van der Waals surface area contributed by atoms with E-state index in [1.165, 1.54) is 21.7 Å². The zero-order valence-electron chi connectivity index (χ0n) is 21.8. The maximum atomic E-state index is 2.86. The van der Waals surface area contributed by atoms with Crippen molar-refractivity contribution in [3.8, 4) is 0 Å². The Morgan fingerprint density at radius 1 is 0.528 bits per heavy atom. The summed E-state index contributed by atoms with van der Waals surface area (Å²) in [7, 11) is 1.73. The average Bonchev–Trinajstić information content (AvgIpc) is 3.29. The van der Waals surface area contributed by atoms with Crippen molar-refractivity contribution < 1.29 is 0 Å². The Morgan fingerprint density at radius 2 is 0.861 bits per heavy atom. The summed E-state index contributed by atoms with van der Waals surface area (Å²) in [5.41, 5.74) is 3.02. The molecule has 0 radical (unpaired) electrons. The molecule has 0 bridgehead atoms. The van der Waals surface area contributed by atoms with E-state index in [4.69, 9.17) is 0 Å². The predicted molar refractivity (Wildman–Crippen MR) is 165 cm³/mol. The molecule has 2 aliphatic rings. The van der Waals surface area contributed by atoms with Gasteiger partial charge < -0.3 is 0 Å². The molecule has 36 heavy (non-hydrogen) atoms. The van der Waals surface area contributed by atoms with Crippen molar-refractivity contribution >= 4 is 50.9 Å². The normalized spacial score (nSPS) is 27.6. The summed E-state index contributed by atoms with van der Waals surface area (Å²) in [6.45, 7) is 6.97. The van der Waals surface area contributed by atoms with E-state index in [2.05, 4.69) is 148 Å². The topological polar surface area (TPSA) is 6.48 Å². The summed E-state index contributed by atoms with van der Waals surface area (Å²) < 4.78 is 5.72. The molecule has 2 aliphatic heterocycles. The smallest absolute Gasteiger partial charge is 0.178 e. The first-order valence-corrected chi connectivity index (χ1v) is 17.4. The van der Waals surface area contributed by atoms with Crippen LogP contribution in [0.2, 0.25) is 0 Å². The molecular weight excluding hydrogens is 472 g/mol. The van der Waals surface area contributed by atoms with E-state index in [9.17, 15) is 0 Å². The van der Waals surface area contributed by atoms with Gasteiger partial charge in [0.1, 0.15) is 10.6 Å². The van der Waals surface area contributed by atoms with Gasteiger partial charge in [-0.15, -0.1) is 0 Å². The van der Waals surface area contributed by atoms with Crippen LogP contribution in [0.5, 0.6) is 0 Å². The van der Waals surface area contributed by atoms with Crippen molar-refractivity contribution in [1.82, 2.24) is 9.34 Å². The van der Waals surface area contributed by atoms with Gasteiger partial charge in [-0.05, 0) is 50.2 Å². The van der Waals surface area contributed by atoms with Crippen molar-refractivity contribution in [3.63, 3.8) is 0 Å². The summed E-state index contributed by atoms with van der Waals surface area (Å²) in [4.78, 5) is 0. The van der Waals surface area contributed by atoms with Crippen LogP contribution in [0.1, 0.15) is 37.1 Å². The van der Waals surface area contributed by atoms with Crippen LogP contribution in [0.15, 0.2) is 109 Å². The maximum Gasteiger partial charge on any atom is 0.338 e. The number of hydrogen-bond acceptors (Lipinski definition) is 2. The molecule has 6 heteroatoms. The van der Waals surface area contributed by atoms with E-state index in [0.717, 1.165) is 13.1 Å². The Balaban J connectivity index is 1.40. The van der Waals surface area contributed by atoms with E-state index >= 15 is 0 Å². The molecule has 0 spiro atoms. The summed E-state index contributed by atoms with van der Waals surface area (Å²) >= 11 is 0. The molecule has 0 fully saturated rings. The van der Waals surface area contributed by atoms with Crippen LogP contribution in [0.3, 0.4) is 0 Å². The Hall–Kier alpha value is -2.21. The number of nitrogens with zero attached hydrogens (tertiary/aromatic N) is 2. The fourth-order valence-electron chi connectivity index (χ4n) is 6.77. The van der Waals surface area contributed by atoms with Crippen molar-refractivity contribution in [2.75, 3.05) is 13.1 Å². The fourth-order valence-corrected chi connectivity index (χ4v) is 14.9. The van der Waals surface area contributed by atoms with E-state index in [1.807, 2.05) is 0 Å². The van der Waals surface area contributed by atoms with Gasteiger partial charge in [0.2, 0.25) is 0 Å². The molecule has 178 valence electrons. The largest absolute Gasteiger partial charge is 0.338 e. The Labute approximate surface area is 219 Å². The summed E-state index contributed by atoms with van der Waals surface area (Å²) in [5, 5.41) is 6.09. The molecule has 0 N–H and O–H groups in total. The van der Waals surface area contributed by atoms with Gasteiger partial charge in [0, 0.05) is 24.2 Å². The third kappa shape index (κ3) is 3.50. The second-order valence-electron chi connectivity index (χ2n) is 10.4. The first-order valence-electron chi connectivity index (χ1n) is 13.0. The molecule has 4 aromatic rings. The van der Waals surface area contributed by atoms with Crippen LogP contribution in [0.4, 0.5) is 0 Å². The fraction of sp³-hybridized carbons (Fsp3) is 0.200. The molecule has 4 aromatic carbocycles. The molecule has 2 nitrogen and oxygen atoms in total. The maximum absolute atomic E-state index is 2.86. The third-order valence-corrected chi connectivity index (χ3v) is 17.2. The first kappa shape index (κ1) is 24.1. The minimum absolute atomic E-state index is 0.418. The highest BCUT2D eigenvalue weighted by Gasteiger charge is 2.57. The van der Waals surface area contributed by atoms with Gasteiger partial charge in [-0.1, -0.05) is 72.8 Å². The standard InChI is InChI=1S/C30H34B2N2P2/c1-23-27-17-9-11-19-29(27)35(31,25-13-5-3-6-14-25)33(23)21-22-34-24(2)28-18-10-12-20-30(28)36(34,32)26-15-7-4-8-16-26/h3-20,23-24H,21-22,31-32H2,1-2H3/q+2. The van der Waals surface area contributed by atoms with Gasteiger partial charge in [0.25, 0.3) is 0 Å². The summed E-state index contributed by atoms with van der Waals surface area (Å²) in [5.74, 6) is 0. The quantitative estimate of drug-likeness (QED) is 0.299. The van der Waals surface area contributed by atoms with Crippen LogP contribution >= 0.6 is 14.6 Å². The molecular formula is C30H34B2N2P2+2. The molecule has 2 heterocycles. The van der Waals surface area contributed by atoms with Gasteiger partial charge in [-0.25, -0.2) is 0 Å². The van der Waals surface area contributed by atoms with E-state index in [1.54, 1.807) is 10.6 Å². The lowest BCUT2D eigenvalue weighted by Crippen LogP contribution is -2.39. The van der Waals surface area contributed by atoms with Gasteiger partial charge in [0.05, 0.1) is 37.3 Å². The van der Waals surface area contributed by atoms with Crippen molar-refractivity contribution in [1.29, 1.82) is 0 Å². The monoisotopic (exact) mass is 506 g/mol. The van der Waals surface area contributed by atoms with Crippen LogP contribution < -0.4 is 21.2 Å². The first-order chi connectivity index (χ1) is 17.5. The predicted octanol–water partition coefficient (Wildman–Crippen LogP) is 4.00. The van der Waals surface area contributed by atoms with Gasteiger partial charge in [-0.2, -0.15) is 9.34 Å². The highest BCUT2D eigenvalue weighted by molar-refractivity contribution is 8.07. The Kier molecular flexibility index (Phi) is 6.22. The van der Waals surface area contributed by atoms with Crippen LogP contribution in [0, 0.1) is 0 Å². The van der Waals surface area contributed by atoms with Crippen LogP contribution in [0.25, 0.3) is 0 Å². The van der Waals surface area contributed by atoms with Crippen molar-refractivity contribution in [3.05, 3.63) is 120 Å². The van der Waals surface area contributed by atoms with Gasteiger partial charge >= 0.3 is 15.1 Å². The van der Waals surface area contributed by atoms with Crippen molar-refractivity contribution in [2.45, 2.75) is 25.9 Å². The SMILES string of the molecule is B[P+]1(c2ccccc2)c2ccccc2C(C)N1CCN1C(C)c2ccccc2[P+]1(B)c1ccccc1. The second-order valence-corrected chi connectivity index (χ2v) is 17.2. The Bertz CT molecular complexity index is 1280. The lowest BCUT2D eigenvalue weighted by Gasteiger charge is -2.36. The molecule has 0 aliphatic carbocycles. The molecule has 0 saturated carbocycles. The molecule has 0 saturated heterocycles. The third-order valence-electron chi connectivity index (χ3n) is 8.71. The van der Waals surface area contributed by atoms with E-state index in [0.29, 0.717) is 12.1 Å². The lowest BCUT2D eigenvalue weighted by atomic mass is 10.1. The number of fused-ring (bicyclic) bond motifs is 2. The highest BCUT2D eigenvalue weighted by atomic mass is 31.2. The minimum Gasteiger partial charge on any atom is -0.178 e. The van der Waals surface area contributed by atoms with Crippen LogP contribution in [-0.4, -0.2) is 37.6 Å². The summed E-state index contributed by atoms with van der Waals surface area (Å²) in [6.07, 6.45) is 0. The zero-order chi connectivity index (χ0) is 24.9. The van der Waals surface area contributed by atoms with Crippen molar-refractivity contribution in [2.24, 2.45) is 0 Å². The number of hydrogen-bond donors (Lipinski definition) is 0. The average molecular weight is 506 g/mol. The minimum atomic E-state index is -1.67. The highest BCUT2D eigenvalue weighted by Crippen LogP contribution is 2.66. The molecule has 6 rings (SSSR count). The summed E-state index contributed by atoms with van der Waals surface area (Å²) in [6, 6.07) is 41.8. The van der Waals surface area contributed by atoms with Crippen LogP contribution in [-0.2, 0) is 0 Å². The second kappa shape index (κ2) is 9.27. The molecule has 0 amide bonds. The van der Waals surface area contributed by atoms with E-state index in [-0.39, 0.29) is 0 Å². The van der Waals surface area contributed by atoms with E-state index < -0.39 is 14.6 Å². The molecule has 4 atom stereocenters. The van der Waals surface area contributed by atoms with Gasteiger partial charge in [-0.3, -0.25) is 0 Å². The number of rotatable bonds is 5. The van der Waals surface area contributed by atoms with Gasteiger partial charge in [0.15, 0.2) is 0 Å². The zero-order valence-corrected chi connectivity index (χ0v) is 23.5. The molecule has 0 aromatic heterocycles. The molecule has 4 unspecified atom stereocenters.